The molecule has 1 saturated carbocycles. The van der Waals surface area contributed by atoms with Crippen LogP contribution in [-0.4, -0.2) is 93.0 Å². The summed E-state index contributed by atoms with van der Waals surface area (Å²) in [5, 5.41) is 55.6. The van der Waals surface area contributed by atoms with Gasteiger partial charge in [-0.15, -0.1) is 6.61 Å². The van der Waals surface area contributed by atoms with E-state index in [4.69, 9.17) is 10.2 Å². The van der Waals surface area contributed by atoms with Gasteiger partial charge in [-0.2, -0.15) is 14.1 Å². The van der Waals surface area contributed by atoms with Crippen molar-refractivity contribution < 1.29 is 104 Å². The fourth-order valence-corrected chi connectivity index (χ4v) is 6.53. The molecular weight excluding hydrogens is 803 g/mol. The Balaban J connectivity index is 0.00000293. The zero-order chi connectivity index (χ0) is 41.7. The van der Waals surface area contributed by atoms with Crippen molar-refractivity contribution in [1.82, 2.24) is 21.3 Å². The first-order chi connectivity index (χ1) is 26.6. The molecule has 0 bridgehead atoms. The molecule has 3 rings (SSSR count). The van der Waals surface area contributed by atoms with Crippen molar-refractivity contribution in [3.05, 3.63) is 49.9 Å². The summed E-state index contributed by atoms with van der Waals surface area (Å²) in [6, 6.07) is 3.90. The van der Waals surface area contributed by atoms with Crippen LogP contribution in [0.4, 0.5) is 8.68 Å². The third-order valence-electron chi connectivity index (χ3n) is 9.62. The van der Waals surface area contributed by atoms with E-state index in [1.807, 2.05) is 30.5 Å². The summed E-state index contributed by atoms with van der Waals surface area (Å²) in [4.78, 5) is 70.0. The number of carboxylic acids is 3. The largest absolute Gasteiger partial charge is 1.00 e. The quantitative estimate of drug-likeness (QED) is 0.0555. The summed E-state index contributed by atoms with van der Waals surface area (Å²) in [5.74, 6) is -3.36. The number of amides is 4. The number of urea groups is 1. The zero-order valence-electron chi connectivity index (χ0n) is 34.0. The van der Waals surface area contributed by atoms with Crippen LogP contribution in [0.1, 0.15) is 102 Å². The molecular formula is C39H58FKN6O10S-2. The first kappa shape index (κ1) is 55.1. The van der Waals surface area contributed by atoms with Crippen molar-refractivity contribution in [3.8, 4) is 0 Å². The van der Waals surface area contributed by atoms with Crippen molar-refractivity contribution in [3.63, 3.8) is 0 Å². The molecule has 2 aliphatic rings. The summed E-state index contributed by atoms with van der Waals surface area (Å²) in [7, 11) is 3.47. The van der Waals surface area contributed by atoms with E-state index in [2.05, 4.69) is 38.5 Å². The zero-order valence-corrected chi connectivity index (χ0v) is 37.9. The van der Waals surface area contributed by atoms with Gasteiger partial charge in [-0.05, 0) is 82.3 Å². The number of fused-ring (bicyclic) bond motifs is 1. The third kappa shape index (κ3) is 21.4. The molecule has 5 atom stereocenters. The standard InChI is InChI=1S/C33H45N6O9.C5H10FOS.CH3.K/c1-34-27(40)17-20-5-4-6-24-23(13-10-20)19-36-39-30(24)22-11-8-21(9-12-22)18-28(41)35-16-3-2-7-25(31(44)45)37-33(48)38-26(32(46)47)14-15-29(42)43;1-5(2,8-6)3-4-7;;/h8-9,11-12,19-20,23-26H,1-7,10,13-18H2,(H,34,40)(H,35,41)(H,42,43)(H,44,45)(H,46,47)(H2,37,38,48);3-4H2,1-2H3;1H3;/q3*-1;+1. The predicted molar refractivity (Wildman–Crippen MR) is 214 cm³/mol. The number of rotatable bonds is 20. The molecule has 1 fully saturated rings. The molecule has 1 heterocycles. The second-order valence-electron chi connectivity index (χ2n) is 14.5. The van der Waals surface area contributed by atoms with Gasteiger partial charge in [-0.25, -0.2) is 14.4 Å². The Bertz CT molecular complexity index is 1530. The van der Waals surface area contributed by atoms with Gasteiger partial charge in [0.05, 0.1) is 24.3 Å². The SMILES string of the molecule is CC(C)(CC[O-])SF.[CH2-]NC(=O)CC1CCCC2C(c3ccc(CC(=O)NCCCCC(NC(=O)NC(CCC(=O)O)C(=O)O)C(=O)O)cc3)=NN=CC2CC1.[CH3-].[K+]. The Morgan fingerprint density at radius 2 is 1.59 bits per heavy atom. The Kier molecular flexibility index (Phi) is 27.8. The van der Waals surface area contributed by atoms with Crippen molar-refractivity contribution in [2.24, 2.45) is 28.0 Å². The molecule has 7 N–H and O–H groups in total. The number of carbonyl (C=O) groups is 6. The number of unbranched alkanes of at least 4 members (excludes halogenated alkanes) is 1. The summed E-state index contributed by atoms with van der Waals surface area (Å²) < 4.78 is 11.3. The number of aliphatic carboxylic acids is 3. The van der Waals surface area contributed by atoms with Gasteiger partial charge in [0.15, 0.2) is 5.91 Å². The van der Waals surface area contributed by atoms with Crippen LogP contribution < -0.4 is 77.8 Å². The molecule has 0 spiro atoms. The van der Waals surface area contributed by atoms with Crippen LogP contribution >= 0.6 is 12.1 Å². The van der Waals surface area contributed by atoms with E-state index < -0.39 is 47.2 Å². The van der Waals surface area contributed by atoms with Gasteiger partial charge >= 0.3 is 75.3 Å². The molecule has 0 radical (unpaired) electrons. The summed E-state index contributed by atoms with van der Waals surface area (Å²) in [6.07, 6.45) is 7.80. The van der Waals surface area contributed by atoms with Crippen LogP contribution in [0.3, 0.4) is 0 Å². The number of nitrogens with zero attached hydrogens (tertiary/aromatic N) is 2. The predicted octanol–water partition coefficient (Wildman–Crippen LogP) is 1.07. The number of benzene rings is 1. The van der Waals surface area contributed by atoms with Crippen LogP contribution in [-0.2, 0) is 30.4 Å². The van der Waals surface area contributed by atoms with Gasteiger partial charge in [0.2, 0.25) is 5.91 Å². The van der Waals surface area contributed by atoms with E-state index in [9.17, 15) is 42.9 Å². The number of halogens is 1. The average Bonchev–Trinajstić information content (AvgIpc) is 3.14. The average molecular weight is 861 g/mol. The number of nitrogens with one attached hydrogen (secondary N) is 4. The van der Waals surface area contributed by atoms with E-state index >= 15 is 0 Å². The van der Waals surface area contributed by atoms with Gasteiger partial charge in [-0.3, -0.25) is 21.4 Å². The molecule has 320 valence electrons. The second-order valence-corrected chi connectivity index (χ2v) is 15.8. The van der Waals surface area contributed by atoms with Crippen molar-refractivity contribution >= 4 is 59.8 Å². The Labute approximate surface area is 387 Å². The minimum absolute atomic E-state index is 0. The molecule has 0 aromatic heterocycles. The Morgan fingerprint density at radius 1 is 0.948 bits per heavy atom. The van der Waals surface area contributed by atoms with Crippen LogP contribution in [0.25, 0.3) is 0 Å². The summed E-state index contributed by atoms with van der Waals surface area (Å²) >= 11 is 0.252. The van der Waals surface area contributed by atoms with Crippen LogP contribution in [0.2, 0.25) is 0 Å². The normalized spacial score (nSPS) is 18.2. The van der Waals surface area contributed by atoms with E-state index in [-0.39, 0.29) is 120 Å². The minimum Gasteiger partial charge on any atom is -0.854 e. The maximum Gasteiger partial charge on any atom is 1.00 e. The third-order valence-corrected chi connectivity index (χ3v) is 10.2. The van der Waals surface area contributed by atoms with Crippen molar-refractivity contribution in [2.45, 2.75) is 114 Å². The number of hydrogen-bond acceptors (Lipinski definition) is 10. The maximum atomic E-state index is 12.5. The van der Waals surface area contributed by atoms with Gasteiger partial charge in [-0.1, -0.05) is 37.1 Å². The van der Waals surface area contributed by atoms with Crippen molar-refractivity contribution in [1.29, 1.82) is 0 Å². The van der Waals surface area contributed by atoms with E-state index in [0.29, 0.717) is 38.1 Å². The summed E-state index contributed by atoms with van der Waals surface area (Å²) in [6.45, 7) is 3.54. The smallest absolute Gasteiger partial charge is 0.854 e. The van der Waals surface area contributed by atoms with Crippen LogP contribution in [0.5, 0.6) is 0 Å². The topological polar surface area (TPSA) is 259 Å². The molecule has 1 aliphatic heterocycles. The van der Waals surface area contributed by atoms with Crippen LogP contribution in [0, 0.1) is 32.2 Å². The fraction of sp³-hybridized carbons (Fsp3) is 0.590. The summed E-state index contributed by atoms with van der Waals surface area (Å²) in [5.41, 5.74) is 2.73. The molecule has 19 heteroatoms. The number of carbonyl (C=O) groups excluding carboxylic acids is 3. The fourth-order valence-electron chi connectivity index (χ4n) is 6.37. The molecule has 16 nitrogen and oxygen atoms in total. The monoisotopic (exact) mass is 860 g/mol. The molecule has 5 unspecified atom stereocenters. The number of hydrogen-bond donors (Lipinski definition) is 7. The van der Waals surface area contributed by atoms with Gasteiger partial charge in [0, 0.05) is 42.2 Å². The molecule has 1 aliphatic carbocycles. The van der Waals surface area contributed by atoms with Gasteiger partial charge < -0.3 is 49.1 Å². The van der Waals surface area contributed by atoms with Crippen molar-refractivity contribution in [2.75, 3.05) is 13.2 Å². The first-order valence-electron chi connectivity index (χ1n) is 18.7. The Morgan fingerprint density at radius 3 is 2.14 bits per heavy atom. The van der Waals surface area contributed by atoms with Crippen LogP contribution in [0.15, 0.2) is 34.5 Å². The molecule has 4 amide bonds. The van der Waals surface area contributed by atoms with Gasteiger partial charge in [0.1, 0.15) is 12.1 Å². The van der Waals surface area contributed by atoms with Gasteiger partial charge in [0.25, 0.3) is 0 Å². The first-order valence-corrected chi connectivity index (χ1v) is 19.5. The molecule has 0 saturated heterocycles. The molecule has 1 aromatic carbocycles. The number of carboxylic acid groups (broad SMARTS) is 3. The van der Waals surface area contributed by atoms with E-state index in [0.717, 1.165) is 48.9 Å². The molecule has 1 aromatic rings. The Hall–Kier alpha value is -2.94. The molecule has 58 heavy (non-hydrogen) atoms. The van der Waals surface area contributed by atoms with E-state index in [1.54, 1.807) is 13.8 Å². The minimum atomic E-state index is -1.48. The van der Waals surface area contributed by atoms with E-state index in [1.165, 1.54) is 0 Å². The maximum absolute atomic E-state index is 12.5. The second kappa shape index (κ2) is 29.3.